The van der Waals surface area contributed by atoms with Gasteiger partial charge in [-0.15, -0.1) is 0 Å². The van der Waals surface area contributed by atoms with Crippen LogP contribution in [0.25, 0.3) is 0 Å². The van der Waals surface area contributed by atoms with Crippen LogP contribution in [0, 0.1) is 35.5 Å². The first kappa shape index (κ1) is 53.6. The van der Waals surface area contributed by atoms with Crippen LogP contribution in [-0.2, 0) is 28.5 Å². The Labute approximate surface area is 336 Å². The standard InChI is InChI=1S/C39H74N2O10.2C2H6/c1-22(2)41(13)30(18-25(5)42)14-15-31-27(7)37(51-34-17-23(3)16-26(6)50-34)29(9)38(46)49-20-32(43)35(45)28(8)36(24(4)19-39(31,10)47)48-21-33(44)40(11)12;2*1-2/h22-32,34-37,42-43,45,47H,14-21H2,1-13H3;2*1-2H3/t23?,24-,25?,26?,27-,28?,29?,30?,31+,32?,34+,35?,36?,37+,39-;;/m1../s1. The highest BCUT2D eigenvalue weighted by molar-refractivity contribution is 5.76. The van der Waals surface area contributed by atoms with Gasteiger partial charge in [-0.1, -0.05) is 55.4 Å². The first-order chi connectivity index (χ1) is 25.6. The van der Waals surface area contributed by atoms with E-state index < -0.39 is 72.7 Å². The number of likely N-dealkylation sites (N-methyl/N-ethyl adjacent to an activating group) is 1. The number of aliphatic hydroxyl groups excluding tert-OH is 3. The molecular weight excluding hydrogens is 704 g/mol. The lowest BCUT2D eigenvalue weighted by Gasteiger charge is -2.46. The predicted molar refractivity (Wildman–Crippen MR) is 219 cm³/mol. The van der Waals surface area contributed by atoms with Crippen LogP contribution >= 0.6 is 0 Å². The number of nitrogens with zero attached hydrogens (tertiary/aromatic N) is 2. The number of rotatable bonds is 12. The molecule has 0 aliphatic carbocycles. The molecular formula is C43H86N2O10. The first-order valence-corrected chi connectivity index (χ1v) is 21.3. The number of ether oxygens (including phenoxy) is 4. The summed E-state index contributed by atoms with van der Waals surface area (Å²) in [5, 5.41) is 45.4. The molecule has 1 amide bonds. The third kappa shape index (κ3) is 17.2. The third-order valence-electron chi connectivity index (χ3n) is 11.7. The highest BCUT2D eigenvalue weighted by atomic mass is 16.7. The van der Waals surface area contributed by atoms with E-state index in [1.54, 1.807) is 34.9 Å². The van der Waals surface area contributed by atoms with Crippen molar-refractivity contribution < 1.29 is 49.0 Å². The van der Waals surface area contributed by atoms with E-state index in [4.69, 9.17) is 18.9 Å². The molecule has 2 saturated heterocycles. The Morgan fingerprint density at radius 2 is 1.53 bits per heavy atom. The summed E-state index contributed by atoms with van der Waals surface area (Å²) in [6, 6.07) is 0.272. The second-order valence-corrected chi connectivity index (χ2v) is 17.0. The van der Waals surface area contributed by atoms with Crippen LogP contribution in [0.2, 0.25) is 0 Å². The number of hydrogen-bond donors (Lipinski definition) is 4. The van der Waals surface area contributed by atoms with Crippen molar-refractivity contribution in [2.45, 2.75) is 196 Å². The number of esters is 1. The van der Waals surface area contributed by atoms with Crippen molar-refractivity contribution in [3.63, 3.8) is 0 Å². The maximum absolute atomic E-state index is 13.7. The van der Waals surface area contributed by atoms with E-state index in [0.717, 1.165) is 6.42 Å². The van der Waals surface area contributed by atoms with Crippen LogP contribution in [0.5, 0.6) is 0 Å². The van der Waals surface area contributed by atoms with Gasteiger partial charge >= 0.3 is 5.97 Å². The molecule has 2 aliphatic heterocycles. The Kier molecular flexibility index (Phi) is 25.2. The molecule has 2 heterocycles. The van der Waals surface area contributed by atoms with Crippen molar-refractivity contribution in [1.29, 1.82) is 0 Å². The van der Waals surface area contributed by atoms with Gasteiger partial charge in [0.05, 0.1) is 42.0 Å². The Bertz CT molecular complexity index is 1050. The molecule has 2 aliphatic rings. The van der Waals surface area contributed by atoms with Gasteiger partial charge in [0, 0.05) is 38.5 Å². The lowest BCUT2D eigenvalue weighted by Crippen LogP contribution is -2.52. The fourth-order valence-corrected chi connectivity index (χ4v) is 8.49. The van der Waals surface area contributed by atoms with E-state index in [0.29, 0.717) is 31.6 Å². The molecule has 12 heteroatoms. The predicted octanol–water partition coefficient (Wildman–Crippen LogP) is 5.90. The molecule has 328 valence electrons. The van der Waals surface area contributed by atoms with Crippen LogP contribution in [0.4, 0.5) is 0 Å². The summed E-state index contributed by atoms with van der Waals surface area (Å²) in [7, 11) is 5.33. The number of hydrogen-bond acceptors (Lipinski definition) is 11. The number of carbonyl (C=O) groups excluding carboxylic acids is 2. The fourth-order valence-electron chi connectivity index (χ4n) is 8.49. The van der Waals surface area contributed by atoms with Gasteiger partial charge in [-0.05, 0) is 104 Å². The number of aliphatic hydroxyl groups is 4. The number of amides is 1. The zero-order valence-electron chi connectivity index (χ0n) is 37.9. The second kappa shape index (κ2) is 25.9. The van der Waals surface area contributed by atoms with E-state index in [2.05, 4.69) is 32.7 Å². The monoisotopic (exact) mass is 791 g/mol. The average molecular weight is 791 g/mol. The van der Waals surface area contributed by atoms with Gasteiger partial charge in [-0.2, -0.15) is 0 Å². The van der Waals surface area contributed by atoms with E-state index in [9.17, 15) is 30.0 Å². The zero-order chi connectivity index (χ0) is 43.0. The van der Waals surface area contributed by atoms with Crippen molar-refractivity contribution in [2.24, 2.45) is 35.5 Å². The van der Waals surface area contributed by atoms with Crippen molar-refractivity contribution in [3.05, 3.63) is 0 Å². The molecule has 0 spiro atoms. The summed E-state index contributed by atoms with van der Waals surface area (Å²) in [6.07, 6.45) is -1.63. The highest BCUT2D eigenvalue weighted by Gasteiger charge is 2.47. The van der Waals surface area contributed by atoms with Crippen LogP contribution in [0.1, 0.15) is 135 Å². The van der Waals surface area contributed by atoms with E-state index >= 15 is 0 Å². The molecule has 2 rings (SSSR count). The molecule has 0 aromatic rings. The summed E-state index contributed by atoms with van der Waals surface area (Å²) in [5.41, 5.74) is -1.33. The van der Waals surface area contributed by atoms with E-state index in [1.807, 2.05) is 55.4 Å². The lowest BCUT2D eigenvalue weighted by molar-refractivity contribution is -0.245. The van der Waals surface area contributed by atoms with Gasteiger partial charge < -0.3 is 49.2 Å². The SMILES string of the molecule is CC.CC.CC(O)CC(CC[C@H]1[C@@H](C)[C@H](O[C@H]2CC(C)CC(C)O2)C(C)C(=O)OCC(O)C(O)C(C)C(OCC(=O)N(C)C)[C@H](C)C[C@@]1(C)O)N(C)C(C)C. The zero-order valence-corrected chi connectivity index (χ0v) is 37.9. The van der Waals surface area contributed by atoms with Crippen molar-refractivity contribution in [1.82, 2.24) is 9.80 Å². The van der Waals surface area contributed by atoms with Crippen LogP contribution in [0.3, 0.4) is 0 Å². The summed E-state index contributed by atoms with van der Waals surface area (Å²) >= 11 is 0. The Morgan fingerprint density at radius 3 is 2.04 bits per heavy atom. The first-order valence-electron chi connectivity index (χ1n) is 21.3. The van der Waals surface area contributed by atoms with Crippen LogP contribution in [-0.4, -0.2) is 137 Å². The maximum atomic E-state index is 13.7. The average Bonchev–Trinajstić information content (AvgIpc) is 3.11. The molecule has 0 aromatic carbocycles. The van der Waals surface area contributed by atoms with Gasteiger partial charge in [-0.3, -0.25) is 9.59 Å². The van der Waals surface area contributed by atoms with Gasteiger partial charge in [-0.25, -0.2) is 0 Å². The minimum absolute atomic E-state index is 0.0164. The largest absolute Gasteiger partial charge is 0.463 e. The van der Waals surface area contributed by atoms with Gasteiger partial charge in [0.1, 0.15) is 19.3 Å². The topological polar surface area (TPSA) is 158 Å². The highest BCUT2D eigenvalue weighted by Crippen LogP contribution is 2.42. The number of carbonyl (C=O) groups is 2. The molecule has 0 radical (unpaired) electrons. The van der Waals surface area contributed by atoms with Crippen LogP contribution < -0.4 is 0 Å². The minimum atomic E-state index is -1.40. The Balaban J connectivity index is 0.00000704. The van der Waals surface area contributed by atoms with Crippen molar-refractivity contribution in [2.75, 3.05) is 34.4 Å². The maximum Gasteiger partial charge on any atom is 0.311 e. The van der Waals surface area contributed by atoms with Crippen molar-refractivity contribution >= 4 is 11.9 Å². The minimum Gasteiger partial charge on any atom is -0.463 e. The summed E-state index contributed by atoms with van der Waals surface area (Å²) < 4.78 is 24.8. The van der Waals surface area contributed by atoms with Gasteiger partial charge in [0.2, 0.25) is 5.91 Å². The van der Waals surface area contributed by atoms with Crippen molar-refractivity contribution in [3.8, 4) is 0 Å². The molecule has 55 heavy (non-hydrogen) atoms. The second-order valence-electron chi connectivity index (χ2n) is 17.0. The smallest absolute Gasteiger partial charge is 0.311 e. The van der Waals surface area contributed by atoms with E-state index in [-0.39, 0.29) is 49.0 Å². The van der Waals surface area contributed by atoms with Gasteiger partial charge in [0.25, 0.3) is 0 Å². The lowest BCUT2D eigenvalue weighted by atomic mass is 9.68. The molecule has 4 N–H and O–H groups in total. The molecule has 0 aromatic heterocycles. The molecule has 0 bridgehead atoms. The Hall–Kier alpha value is -1.38. The molecule has 0 saturated carbocycles. The normalized spacial score (nSPS) is 36.3. The van der Waals surface area contributed by atoms with Gasteiger partial charge in [0.15, 0.2) is 6.29 Å². The molecule has 12 nitrogen and oxygen atoms in total. The summed E-state index contributed by atoms with van der Waals surface area (Å²) in [5.74, 6) is -3.05. The summed E-state index contributed by atoms with van der Waals surface area (Å²) in [6.45, 7) is 26.8. The fraction of sp³-hybridized carbons (Fsp3) is 0.953. The quantitative estimate of drug-likeness (QED) is 0.175. The molecule has 15 atom stereocenters. The Morgan fingerprint density at radius 1 is 0.945 bits per heavy atom. The number of cyclic esters (lactones) is 1. The summed E-state index contributed by atoms with van der Waals surface area (Å²) in [4.78, 5) is 30.0. The van der Waals surface area contributed by atoms with Crippen LogP contribution in [0.15, 0.2) is 0 Å². The third-order valence-corrected chi connectivity index (χ3v) is 11.7. The van der Waals surface area contributed by atoms with E-state index in [1.165, 1.54) is 4.90 Å². The molecule has 2 fully saturated rings. The molecule has 9 unspecified atom stereocenters.